The van der Waals surface area contributed by atoms with Crippen LogP contribution in [-0.2, 0) is 37.7 Å². The van der Waals surface area contributed by atoms with Crippen molar-refractivity contribution in [1.29, 1.82) is 0 Å². The molecule has 3 aromatic carbocycles. The molecule has 7 rings (SSSR count). The number of rotatable bonds is 13. The third kappa shape index (κ3) is 9.24. The minimum absolute atomic E-state index is 0.0158. The highest BCUT2D eigenvalue weighted by Crippen LogP contribution is 2.36. The van der Waals surface area contributed by atoms with Crippen molar-refractivity contribution < 1.29 is 33.8 Å². The molecule has 1 fully saturated rings. The second-order valence-electron chi connectivity index (χ2n) is 16.1. The number of fused-ring (bicyclic) bond motifs is 2. The van der Waals surface area contributed by atoms with Gasteiger partial charge in [0.05, 0.1) is 24.3 Å². The van der Waals surface area contributed by atoms with Gasteiger partial charge in [-0.05, 0) is 97.3 Å². The van der Waals surface area contributed by atoms with Crippen molar-refractivity contribution in [1.82, 2.24) is 24.2 Å². The number of carboxylic acids is 1. The van der Waals surface area contributed by atoms with Crippen LogP contribution in [0.25, 0.3) is 11.3 Å². The molecule has 1 aromatic heterocycles. The van der Waals surface area contributed by atoms with Crippen LogP contribution in [0.15, 0.2) is 66.7 Å². The average Bonchev–Trinajstić information content (AvgIpc) is 3.55. The average molecular weight is 804 g/mol. The van der Waals surface area contributed by atoms with Crippen LogP contribution in [0.4, 0.5) is 4.79 Å². The second kappa shape index (κ2) is 18.6. The predicted molar refractivity (Wildman–Crippen MR) is 226 cm³/mol. The Morgan fingerprint density at radius 1 is 0.831 bits per heavy atom. The van der Waals surface area contributed by atoms with E-state index >= 15 is 4.79 Å². The normalized spacial score (nSPS) is 16.6. The molecule has 1 N–H and O–H groups in total. The van der Waals surface area contributed by atoms with Gasteiger partial charge >= 0.3 is 12.1 Å². The number of hydrogen-bond acceptors (Lipinski definition) is 7. The Bertz CT molecular complexity index is 2170. The Labute approximate surface area is 347 Å². The van der Waals surface area contributed by atoms with Gasteiger partial charge in [-0.25, -0.2) is 9.59 Å². The summed E-state index contributed by atoms with van der Waals surface area (Å²) in [5.41, 5.74) is 7.97. The zero-order chi connectivity index (χ0) is 41.6. The third-order valence-corrected chi connectivity index (χ3v) is 12.2. The van der Waals surface area contributed by atoms with Crippen molar-refractivity contribution >= 4 is 23.9 Å². The number of carbonyl (C=O) groups is 4. The Kier molecular flexibility index (Phi) is 13.2. The maximum atomic E-state index is 15.4. The summed E-state index contributed by atoms with van der Waals surface area (Å²) in [7, 11) is 1.97. The predicted octanol–water partition coefficient (Wildman–Crippen LogP) is 7.20. The Morgan fingerprint density at radius 3 is 2.20 bits per heavy atom. The number of aromatic carboxylic acids is 1. The standard InChI is InChI=1S/C47H57N5O7/c1-5-7-18-50(19-8-6-2)44(53)40-28-43(48(4)32(40)3)41-26-35-17-20-51(47(57)59-39-15-13-33(14-16-39)46(55)56)29-37(35)27-42(41)45(54)52-30-36-12-10-9-11-34(36)25-38(52)31-49-21-23-58-24-22-49/h9-16,26-28,38H,5-8,17-25,29-31H2,1-4H3,(H,55,56)/t38-/m0/s1. The first-order valence-corrected chi connectivity index (χ1v) is 21.2. The van der Waals surface area contributed by atoms with E-state index in [-0.39, 0.29) is 35.7 Å². The van der Waals surface area contributed by atoms with E-state index in [1.54, 1.807) is 4.90 Å². The molecule has 1 saturated heterocycles. The number of morpholine rings is 1. The van der Waals surface area contributed by atoms with Crippen LogP contribution in [0.5, 0.6) is 5.75 Å². The van der Waals surface area contributed by atoms with Crippen LogP contribution in [0.1, 0.15) is 98.6 Å². The molecule has 0 spiro atoms. The van der Waals surface area contributed by atoms with Crippen molar-refractivity contribution in [3.05, 3.63) is 111 Å². The number of ether oxygens (including phenoxy) is 2. The number of hydrogen-bond donors (Lipinski definition) is 1. The van der Waals surface area contributed by atoms with Crippen LogP contribution < -0.4 is 4.74 Å². The summed E-state index contributed by atoms with van der Waals surface area (Å²) in [5.74, 6) is -0.883. The number of amides is 3. The van der Waals surface area contributed by atoms with Gasteiger partial charge in [-0.2, -0.15) is 0 Å². The quantitative estimate of drug-likeness (QED) is 0.151. The van der Waals surface area contributed by atoms with Crippen molar-refractivity contribution in [3.8, 4) is 17.0 Å². The second-order valence-corrected chi connectivity index (χ2v) is 16.1. The molecule has 312 valence electrons. The molecule has 1 atom stereocenters. The molecule has 0 radical (unpaired) electrons. The molecule has 4 aromatic rings. The fourth-order valence-electron chi connectivity index (χ4n) is 8.57. The lowest BCUT2D eigenvalue weighted by atomic mass is 9.89. The molecular formula is C47H57N5O7. The summed E-state index contributed by atoms with van der Waals surface area (Å²) in [4.78, 5) is 62.5. The molecule has 4 heterocycles. The fourth-order valence-corrected chi connectivity index (χ4v) is 8.57. The largest absolute Gasteiger partial charge is 0.478 e. The van der Waals surface area contributed by atoms with E-state index in [1.165, 1.54) is 29.8 Å². The van der Waals surface area contributed by atoms with E-state index in [4.69, 9.17) is 9.47 Å². The number of benzene rings is 3. The van der Waals surface area contributed by atoms with Gasteiger partial charge < -0.3 is 33.8 Å². The van der Waals surface area contributed by atoms with Crippen LogP contribution in [-0.4, -0.2) is 112 Å². The van der Waals surface area contributed by atoms with Crippen molar-refractivity contribution in [2.24, 2.45) is 7.05 Å². The zero-order valence-corrected chi connectivity index (χ0v) is 34.9. The molecule has 0 aliphatic carbocycles. The molecule has 0 unspecified atom stereocenters. The maximum absolute atomic E-state index is 15.4. The van der Waals surface area contributed by atoms with E-state index in [0.29, 0.717) is 56.9 Å². The molecule has 0 saturated carbocycles. The van der Waals surface area contributed by atoms with Gasteiger partial charge in [0.1, 0.15) is 5.75 Å². The lowest BCUT2D eigenvalue weighted by molar-refractivity contribution is 0.0193. The van der Waals surface area contributed by atoms with Gasteiger partial charge in [-0.1, -0.05) is 51.0 Å². The summed E-state index contributed by atoms with van der Waals surface area (Å²) in [6.07, 6.45) is 4.59. The van der Waals surface area contributed by atoms with E-state index in [1.807, 2.05) is 46.5 Å². The van der Waals surface area contributed by atoms with Crippen LogP contribution in [0, 0.1) is 6.92 Å². The van der Waals surface area contributed by atoms with Crippen LogP contribution >= 0.6 is 0 Å². The van der Waals surface area contributed by atoms with Gasteiger partial charge in [-0.15, -0.1) is 0 Å². The number of nitrogens with zero attached hydrogens (tertiary/aromatic N) is 5. The van der Waals surface area contributed by atoms with Crippen LogP contribution in [0.3, 0.4) is 0 Å². The summed E-state index contributed by atoms with van der Waals surface area (Å²) in [6.45, 7) is 12.5. The van der Waals surface area contributed by atoms with Crippen molar-refractivity contribution in [3.63, 3.8) is 0 Å². The van der Waals surface area contributed by atoms with Gasteiger partial charge in [0, 0.05) is 88.0 Å². The van der Waals surface area contributed by atoms with Crippen molar-refractivity contribution in [2.75, 3.05) is 52.5 Å². The number of unbranched alkanes of at least 4 members (excludes halogenated alkanes) is 2. The van der Waals surface area contributed by atoms with E-state index < -0.39 is 12.1 Å². The first-order valence-electron chi connectivity index (χ1n) is 21.2. The highest BCUT2D eigenvalue weighted by atomic mass is 16.6. The summed E-state index contributed by atoms with van der Waals surface area (Å²) >= 11 is 0. The summed E-state index contributed by atoms with van der Waals surface area (Å²) in [5, 5.41) is 9.29. The molecule has 12 nitrogen and oxygen atoms in total. The lowest BCUT2D eigenvalue weighted by Gasteiger charge is -2.41. The first-order chi connectivity index (χ1) is 28.6. The van der Waals surface area contributed by atoms with E-state index in [9.17, 15) is 19.5 Å². The molecule has 3 amide bonds. The minimum Gasteiger partial charge on any atom is -0.478 e. The molecular weight excluding hydrogens is 747 g/mol. The van der Waals surface area contributed by atoms with Gasteiger partial charge in [0.25, 0.3) is 11.8 Å². The summed E-state index contributed by atoms with van der Waals surface area (Å²) < 4.78 is 13.4. The summed E-state index contributed by atoms with van der Waals surface area (Å²) in [6, 6.07) is 20.1. The van der Waals surface area contributed by atoms with Gasteiger partial charge in [-0.3, -0.25) is 14.5 Å². The smallest absolute Gasteiger partial charge is 0.415 e. The SMILES string of the molecule is CCCCN(CCCC)C(=O)c1cc(-c2cc3c(cc2C(=O)N2Cc4ccccc4C[C@H]2CN2CCOCC2)CN(C(=O)Oc2ccc(C(=O)O)cc2)CC3)n(C)c1C. The maximum Gasteiger partial charge on any atom is 0.415 e. The third-order valence-electron chi connectivity index (χ3n) is 12.2. The van der Waals surface area contributed by atoms with Crippen LogP contribution in [0.2, 0.25) is 0 Å². The van der Waals surface area contributed by atoms with Gasteiger partial charge in [0.2, 0.25) is 0 Å². The number of carboxylic acid groups (broad SMARTS) is 1. The minimum atomic E-state index is -1.06. The monoisotopic (exact) mass is 803 g/mol. The molecule has 12 heteroatoms. The number of carbonyl (C=O) groups excluding carboxylic acids is 3. The van der Waals surface area contributed by atoms with E-state index in [0.717, 1.165) is 85.4 Å². The molecule has 59 heavy (non-hydrogen) atoms. The van der Waals surface area contributed by atoms with E-state index in [2.05, 4.69) is 43.0 Å². The Balaban J connectivity index is 1.27. The topological polar surface area (TPSA) is 125 Å². The number of aromatic nitrogens is 1. The Morgan fingerprint density at radius 2 is 1.53 bits per heavy atom. The Hall–Kier alpha value is -5.46. The van der Waals surface area contributed by atoms with Gasteiger partial charge in [0.15, 0.2) is 0 Å². The highest BCUT2D eigenvalue weighted by Gasteiger charge is 2.35. The molecule has 3 aliphatic rings. The van der Waals surface area contributed by atoms with Crippen molar-refractivity contribution in [2.45, 2.75) is 78.4 Å². The molecule has 3 aliphatic heterocycles. The fraction of sp³-hybridized carbons (Fsp3) is 0.447. The first kappa shape index (κ1) is 41.7. The highest BCUT2D eigenvalue weighted by molar-refractivity contribution is 6.03. The molecule has 0 bridgehead atoms. The zero-order valence-electron chi connectivity index (χ0n) is 34.9. The lowest BCUT2D eigenvalue weighted by Crippen LogP contribution is -2.52.